The van der Waals surface area contributed by atoms with E-state index in [0.29, 0.717) is 0 Å². The molecule has 0 aliphatic heterocycles. The van der Waals surface area contributed by atoms with Gasteiger partial charge in [-0.1, -0.05) is 56.2 Å². The summed E-state index contributed by atoms with van der Waals surface area (Å²) < 4.78 is 5.86. The van der Waals surface area contributed by atoms with E-state index in [4.69, 9.17) is 4.74 Å². The van der Waals surface area contributed by atoms with Crippen molar-refractivity contribution in [2.24, 2.45) is 0 Å². The molecular weight excluding hydrogens is 234 g/mol. The number of unbranched alkanes of at least 4 members (excludes halogenated alkanes) is 2. The first-order valence-electron chi connectivity index (χ1n) is 6.89. The van der Waals surface area contributed by atoms with Crippen LogP contribution in [-0.4, -0.2) is 6.10 Å². The largest absolute Gasteiger partial charge is 0.475 e. The highest BCUT2D eigenvalue weighted by molar-refractivity contribution is 5.88. The molecule has 2 aromatic rings. The lowest BCUT2D eigenvalue weighted by Crippen LogP contribution is -2.13. The van der Waals surface area contributed by atoms with Crippen molar-refractivity contribution in [1.82, 2.24) is 0 Å². The normalized spacial score (nSPS) is 12.0. The molecule has 0 spiro atoms. The third-order valence-corrected chi connectivity index (χ3v) is 3.23. The lowest BCUT2D eigenvalue weighted by atomic mass is 10.1. The van der Waals surface area contributed by atoms with Gasteiger partial charge in [0, 0.05) is 5.39 Å². The van der Waals surface area contributed by atoms with Gasteiger partial charge in [0.25, 0.3) is 0 Å². The molecule has 0 heterocycles. The maximum atomic E-state index is 9.18. The van der Waals surface area contributed by atoms with Gasteiger partial charge in [0.2, 0.25) is 0 Å². The highest BCUT2D eigenvalue weighted by Gasteiger charge is 2.10. The van der Waals surface area contributed by atoms with Crippen LogP contribution in [0.4, 0.5) is 0 Å². The highest BCUT2D eigenvalue weighted by Crippen LogP contribution is 2.26. The number of hydrogen-bond donors (Lipinski definition) is 0. The minimum atomic E-state index is -0.350. The van der Waals surface area contributed by atoms with E-state index in [2.05, 4.69) is 25.1 Å². The molecule has 0 radical (unpaired) electrons. The van der Waals surface area contributed by atoms with Crippen molar-refractivity contribution in [3.05, 3.63) is 42.5 Å². The second-order valence-corrected chi connectivity index (χ2v) is 4.71. The van der Waals surface area contributed by atoms with Gasteiger partial charge in [-0.05, 0) is 24.3 Å². The molecule has 0 bridgehead atoms. The number of fused-ring (bicyclic) bond motifs is 1. The average molecular weight is 253 g/mol. The quantitative estimate of drug-likeness (QED) is 0.699. The second kappa shape index (κ2) is 6.80. The van der Waals surface area contributed by atoms with Gasteiger partial charge in [-0.25, -0.2) is 0 Å². The summed E-state index contributed by atoms with van der Waals surface area (Å²) in [6.45, 7) is 2.16. The average Bonchev–Trinajstić information content (AvgIpc) is 2.46. The Hall–Kier alpha value is -2.01. The van der Waals surface area contributed by atoms with Crippen LogP contribution < -0.4 is 4.74 Å². The third kappa shape index (κ3) is 3.48. The van der Waals surface area contributed by atoms with Gasteiger partial charge in [0.05, 0.1) is 0 Å². The SMILES string of the molecule is CCCCCC(C#N)Oc1cccc2ccccc12. The van der Waals surface area contributed by atoms with Crippen LogP contribution in [0.2, 0.25) is 0 Å². The number of ether oxygens (including phenoxy) is 1. The van der Waals surface area contributed by atoms with E-state index in [9.17, 15) is 5.26 Å². The molecular formula is C17H19NO. The molecule has 0 aromatic heterocycles. The van der Waals surface area contributed by atoms with Crippen LogP contribution in [0.15, 0.2) is 42.5 Å². The van der Waals surface area contributed by atoms with E-state index in [-0.39, 0.29) is 6.10 Å². The van der Waals surface area contributed by atoms with Crippen molar-refractivity contribution in [3.63, 3.8) is 0 Å². The first-order chi connectivity index (χ1) is 9.35. The summed E-state index contributed by atoms with van der Waals surface area (Å²) in [5.74, 6) is 0.807. The number of benzene rings is 2. The van der Waals surface area contributed by atoms with E-state index in [1.165, 1.54) is 0 Å². The van der Waals surface area contributed by atoms with Crippen LogP contribution in [0.3, 0.4) is 0 Å². The Kier molecular flexibility index (Phi) is 4.80. The van der Waals surface area contributed by atoms with Crippen LogP contribution in [0.1, 0.15) is 32.6 Å². The molecule has 0 amide bonds. The van der Waals surface area contributed by atoms with Crippen LogP contribution in [-0.2, 0) is 0 Å². The molecule has 0 aliphatic rings. The molecule has 2 heteroatoms. The Morgan fingerprint density at radius 3 is 2.68 bits per heavy atom. The lowest BCUT2D eigenvalue weighted by Gasteiger charge is -2.14. The summed E-state index contributed by atoms with van der Waals surface area (Å²) in [6.07, 6.45) is 3.80. The minimum Gasteiger partial charge on any atom is -0.475 e. The molecule has 0 aliphatic carbocycles. The number of nitrogens with zero attached hydrogens (tertiary/aromatic N) is 1. The molecule has 2 aromatic carbocycles. The van der Waals surface area contributed by atoms with Crippen molar-refractivity contribution >= 4 is 10.8 Å². The van der Waals surface area contributed by atoms with E-state index in [0.717, 1.165) is 42.2 Å². The standard InChI is InChI=1S/C17H19NO/c1-2-3-4-10-15(13-18)19-17-12-7-9-14-8-5-6-11-16(14)17/h5-9,11-12,15H,2-4,10H2,1H3. The Balaban J connectivity index is 2.13. The molecule has 1 unspecified atom stereocenters. The molecule has 0 N–H and O–H groups in total. The maximum absolute atomic E-state index is 9.18. The van der Waals surface area contributed by atoms with Gasteiger partial charge in [-0.15, -0.1) is 0 Å². The molecule has 1 atom stereocenters. The summed E-state index contributed by atoms with van der Waals surface area (Å²) in [5.41, 5.74) is 0. The third-order valence-electron chi connectivity index (χ3n) is 3.23. The van der Waals surface area contributed by atoms with Crippen molar-refractivity contribution in [1.29, 1.82) is 5.26 Å². The van der Waals surface area contributed by atoms with Crippen molar-refractivity contribution in [2.75, 3.05) is 0 Å². The monoisotopic (exact) mass is 253 g/mol. The smallest absolute Gasteiger partial charge is 0.184 e. The van der Waals surface area contributed by atoms with E-state index in [1.54, 1.807) is 0 Å². The van der Waals surface area contributed by atoms with Gasteiger partial charge < -0.3 is 4.74 Å². The molecule has 2 nitrogen and oxygen atoms in total. The molecule has 2 rings (SSSR count). The van der Waals surface area contributed by atoms with Crippen molar-refractivity contribution in [2.45, 2.75) is 38.7 Å². The fourth-order valence-electron chi connectivity index (χ4n) is 2.18. The zero-order valence-corrected chi connectivity index (χ0v) is 11.3. The highest BCUT2D eigenvalue weighted by atomic mass is 16.5. The maximum Gasteiger partial charge on any atom is 0.184 e. The lowest BCUT2D eigenvalue weighted by molar-refractivity contribution is 0.243. The fraction of sp³-hybridized carbons (Fsp3) is 0.353. The van der Waals surface area contributed by atoms with E-state index in [1.807, 2.05) is 30.3 Å². The van der Waals surface area contributed by atoms with Crippen molar-refractivity contribution < 1.29 is 4.74 Å². The zero-order chi connectivity index (χ0) is 13.5. The summed E-state index contributed by atoms with van der Waals surface area (Å²) in [7, 11) is 0. The summed E-state index contributed by atoms with van der Waals surface area (Å²) in [6, 6.07) is 16.3. The Morgan fingerprint density at radius 1 is 1.11 bits per heavy atom. The first-order valence-corrected chi connectivity index (χ1v) is 6.89. The van der Waals surface area contributed by atoms with Gasteiger partial charge in [-0.2, -0.15) is 5.26 Å². The summed E-state index contributed by atoms with van der Waals surface area (Å²) in [5, 5.41) is 11.4. The van der Waals surface area contributed by atoms with E-state index < -0.39 is 0 Å². The second-order valence-electron chi connectivity index (χ2n) is 4.71. The number of nitriles is 1. The first kappa shape index (κ1) is 13.4. The zero-order valence-electron chi connectivity index (χ0n) is 11.3. The summed E-state index contributed by atoms with van der Waals surface area (Å²) >= 11 is 0. The fourth-order valence-corrected chi connectivity index (χ4v) is 2.18. The molecule has 0 saturated carbocycles. The minimum absolute atomic E-state index is 0.350. The van der Waals surface area contributed by atoms with Crippen LogP contribution >= 0.6 is 0 Å². The number of rotatable bonds is 6. The number of hydrogen-bond acceptors (Lipinski definition) is 2. The Morgan fingerprint density at radius 2 is 1.89 bits per heavy atom. The summed E-state index contributed by atoms with van der Waals surface area (Å²) in [4.78, 5) is 0. The predicted octanol–water partition coefficient (Wildman–Crippen LogP) is 4.69. The Bertz CT molecular complexity index is 565. The van der Waals surface area contributed by atoms with Crippen LogP contribution in [0.5, 0.6) is 5.75 Å². The topological polar surface area (TPSA) is 33.0 Å². The van der Waals surface area contributed by atoms with E-state index >= 15 is 0 Å². The predicted molar refractivity (Wildman–Crippen MR) is 78.1 cm³/mol. The van der Waals surface area contributed by atoms with Crippen molar-refractivity contribution in [3.8, 4) is 11.8 Å². The van der Waals surface area contributed by atoms with Crippen LogP contribution in [0, 0.1) is 11.3 Å². The van der Waals surface area contributed by atoms with Gasteiger partial charge in [-0.3, -0.25) is 0 Å². The van der Waals surface area contributed by atoms with Gasteiger partial charge in [0.15, 0.2) is 6.10 Å². The Labute approximate surface area is 114 Å². The van der Waals surface area contributed by atoms with Crippen LogP contribution in [0.25, 0.3) is 10.8 Å². The van der Waals surface area contributed by atoms with Gasteiger partial charge >= 0.3 is 0 Å². The molecule has 98 valence electrons. The molecule has 19 heavy (non-hydrogen) atoms. The molecule has 0 fully saturated rings. The molecule has 0 saturated heterocycles. The van der Waals surface area contributed by atoms with Gasteiger partial charge in [0.1, 0.15) is 11.8 Å².